The molecule has 4 aromatic heterocycles. The Labute approximate surface area is 418 Å². The summed E-state index contributed by atoms with van der Waals surface area (Å²) in [7, 11) is 0. The summed E-state index contributed by atoms with van der Waals surface area (Å²) in [5, 5.41) is 9.32. The van der Waals surface area contributed by atoms with Crippen molar-refractivity contribution in [2.75, 3.05) is 68.8 Å². The van der Waals surface area contributed by atoms with Gasteiger partial charge < -0.3 is 39.0 Å². The van der Waals surface area contributed by atoms with Crippen LogP contribution in [0.25, 0.3) is 34.2 Å². The number of carbonyl (C=O) groups excluding carboxylic acids is 3. The van der Waals surface area contributed by atoms with Gasteiger partial charge in [0.2, 0.25) is 0 Å². The maximum absolute atomic E-state index is 13.5. The number of aryl methyl sites for hydroxylation is 2. The van der Waals surface area contributed by atoms with Crippen LogP contribution in [0.2, 0.25) is 0 Å². The van der Waals surface area contributed by atoms with Gasteiger partial charge in [-0.2, -0.15) is 0 Å². The number of piperazine rings is 2. The van der Waals surface area contributed by atoms with Crippen molar-refractivity contribution in [2.45, 2.75) is 78.4 Å². The van der Waals surface area contributed by atoms with Crippen LogP contribution in [0.4, 0.5) is 21.2 Å². The second-order valence-electron chi connectivity index (χ2n) is 19.1. The Balaban J connectivity index is 0.000000211. The zero-order valence-electron chi connectivity index (χ0n) is 41.7. The Morgan fingerprint density at radius 2 is 0.958 bits per heavy atom. The highest BCUT2D eigenvalue weighted by molar-refractivity contribution is 5.69. The van der Waals surface area contributed by atoms with E-state index in [1.165, 1.54) is 0 Å². The third-order valence-corrected chi connectivity index (χ3v) is 11.4. The smallest absolute Gasteiger partial charge is 0.410 e. The van der Waals surface area contributed by atoms with Crippen molar-refractivity contribution in [3.05, 3.63) is 130 Å². The molecule has 2 aromatic carbocycles. The molecule has 2 amide bonds. The standard InChI is InChI=1S/C26H32N6O4.C26H30N6O4/c2*1-26(2,3)36-25(35)31-15-13-30(14-16-31)23-24(34)32(18-20(29-23)6-4-17-33)21-9-7-19(8-10-21)22-27-11-5-12-28-22/h5,7-12,18,33H,4,6,13-17H2,1-3H3;5,7-12,17-18H,4,6,13-16H2,1-3H3. The van der Waals surface area contributed by atoms with Crippen LogP contribution in [0.5, 0.6) is 0 Å². The first-order valence-corrected chi connectivity index (χ1v) is 24.0. The van der Waals surface area contributed by atoms with Crippen LogP contribution in [0.15, 0.2) is 107 Å². The molecule has 2 aliphatic heterocycles. The molecule has 2 saturated heterocycles. The molecule has 8 rings (SSSR count). The molecule has 0 unspecified atom stereocenters. The summed E-state index contributed by atoms with van der Waals surface area (Å²) in [5.74, 6) is 1.85. The van der Waals surface area contributed by atoms with Crippen LogP contribution in [-0.4, -0.2) is 143 Å². The molecule has 1 N–H and O–H groups in total. The number of hydrogen-bond donors (Lipinski definition) is 1. The molecule has 2 fully saturated rings. The highest BCUT2D eigenvalue weighted by Crippen LogP contribution is 2.22. The van der Waals surface area contributed by atoms with Crippen molar-refractivity contribution < 1.29 is 29.0 Å². The SMILES string of the molecule is CC(C)(C)OC(=O)N1CCN(c2nc(CCC=O)cn(-c3ccc(-c4ncccn4)cc3)c2=O)CC1.CC(C)(C)OC(=O)N1CCN(c2nc(CCCO)cn(-c3ccc(-c4ncccn4)cc3)c2=O)CC1. The van der Waals surface area contributed by atoms with Crippen molar-refractivity contribution in [1.82, 2.24) is 48.8 Å². The monoisotopic (exact) mass is 982 g/mol. The summed E-state index contributed by atoms with van der Waals surface area (Å²) in [4.78, 5) is 96.3. The molecule has 6 aromatic rings. The fourth-order valence-corrected chi connectivity index (χ4v) is 7.85. The fraction of sp³-hybridized carbons (Fsp3) is 0.404. The van der Waals surface area contributed by atoms with Gasteiger partial charge in [-0.05, 0) is 121 Å². The summed E-state index contributed by atoms with van der Waals surface area (Å²) in [6.45, 7) is 14.6. The normalized spacial score (nSPS) is 14.0. The fourth-order valence-electron chi connectivity index (χ4n) is 7.85. The van der Waals surface area contributed by atoms with Gasteiger partial charge in [-0.1, -0.05) is 0 Å². The van der Waals surface area contributed by atoms with Gasteiger partial charge >= 0.3 is 12.2 Å². The van der Waals surface area contributed by atoms with Gasteiger partial charge in [0.25, 0.3) is 11.1 Å². The zero-order valence-corrected chi connectivity index (χ0v) is 41.7. The van der Waals surface area contributed by atoms with Crippen LogP contribution in [0.3, 0.4) is 0 Å². The van der Waals surface area contributed by atoms with Crippen molar-refractivity contribution in [3.63, 3.8) is 0 Å². The Morgan fingerprint density at radius 1 is 0.583 bits per heavy atom. The predicted molar refractivity (Wildman–Crippen MR) is 272 cm³/mol. The van der Waals surface area contributed by atoms with E-state index >= 15 is 0 Å². The first kappa shape index (κ1) is 52.0. The molecule has 0 atom stereocenters. The van der Waals surface area contributed by atoms with Gasteiger partial charge in [0.15, 0.2) is 23.3 Å². The third-order valence-electron chi connectivity index (χ3n) is 11.4. The number of aliphatic hydroxyl groups is 1. The molecule has 20 heteroatoms. The van der Waals surface area contributed by atoms with E-state index in [1.807, 2.05) is 99.9 Å². The van der Waals surface area contributed by atoms with E-state index in [9.17, 15) is 29.1 Å². The number of rotatable bonds is 12. The minimum atomic E-state index is -0.571. The van der Waals surface area contributed by atoms with Gasteiger partial charge in [-0.25, -0.2) is 39.5 Å². The second-order valence-corrected chi connectivity index (χ2v) is 19.1. The van der Waals surface area contributed by atoms with Crippen LogP contribution >= 0.6 is 0 Å². The Hall–Kier alpha value is -7.87. The van der Waals surface area contributed by atoms with Gasteiger partial charge in [-0.3, -0.25) is 18.7 Å². The molecule has 72 heavy (non-hydrogen) atoms. The number of hydrogen-bond acceptors (Lipinski definition) is 16. The van der Waals surface area contributed by atoms with E-state index in [-0.39, 0.29) is 29.9 Å². The molecule has 0 bridgehead atoms. The lowest BCUT2D eigenvalue weighted by molar-refractivity contribution is -0.107. The molecular weight excluding hydrogens is 921 g/mol. The molecule has 6 heterocycles. The predicted octanol–water partition coefficient (Wildman–Crippen LogP) is 5.55. The van der Waals surface area contributed by atoms with E-state index in [2.05, 4.69) is 29.9 Å². The molecule has 20 nitrogen and oxygen atoms in total. The lowest BCUT2D eigenvalue weighted by Crippen LogP contribution is -2.51. The van der Waals surface area contributed by atoms with Crippen molar-refractivity contribution in [3.8, 4) is 34.2 Å². The summed E-state index contributed by atoms with van der Waals surface area (Å²) in [6.07, 6.45) is 12.1. The van der Waals surface area contributed by atoms with Crippen LogP contribution in [0.1, 0.15) is 65.8 Å². The minimum absolute atomic E-state index is 0.0382. The average molecular weight is 983 g/mol. The topological polar surface area (TPSA) is 224 Å². The Bertz CT molecular complexity index is 2890. The number of amides is 2. The summed E-state index contributed by atoms with van der Waals surface area (Å²) < 4.78 is 14.1. The van der Waals surface area contributed by atoms with Gasteiger partial charge in [0, 0.05) is 125 Å². The lowest BCUT2D eigenvalue weighted by atomic mass is 10.2. The minimum Gasteiger partial charge on any atom is -0.444 e. The number of benzene rings is 2. The largest absolute Gasteiger partial charge is 0.444 e. The Morgan fingerprint density at radius 3 is 1.31 bits per heavy atom. The third kappa shape index (κ3) is 13.7. The first-order valence-electron chi connectivity index (χ1n) is 24.0. The number of aromatic nitrogens is 8. The number of carbonyl (C=O) groups is 3. The number of aldehydes is 1. The zero-order chi connectivity index (χ0) is 51.4. The molecule has 378 valence electrons. The number of ether oxygens (including phenoxy) is 2. The lowest BCUT2D eigenvalue weighted by Gasteiger charge is -2.36. The Kier molecular flexibility index (Phi) is 16.9. The van der Waals surface area contributed by atoms with Gasteiger partial charge in [0.1, 0.15) is 17.5 Å². The maximum atomic E-state index is 13.5. The second kappa shape index (κ2) is 23.4. The van der Waals surface area contributed by atoms with Crippen LogP contribution in [0, 0.1) is 0 Å². The summed E-state index contributed by atoms with van der Waals surface area (Å²) in [6, 6.07) is 18.4. The van der Waals surface area contributed by atoms with E-state index in [0.717, 1.165) is 17.4 Å². The molecule has 0 spiro atoms. The van der Waals surface area contributed by atoms with E-state index in [4.69, 9.17) is 9.47 Å². The molecule has 0 saturated carbocycles. The highest BCUT2D eigenvalue weighted by atomic mass is 16.6. The van der Waals surface area contributed by atoms with Gasteiger partial charge in [-0.15, -0.1) is 0 Å². The van der Waals surface area contributed by atoms with Crippen LogP contribution in [-0.2, 0) is 27.1 Å². The van der Waals surface area contributed by atoms with E-state index in [0.29, 0.717) is 124 Å². The number of anilines is 2. The van der Waals surface area contributed by atoms with Crippen molar-refractivity contribution in [2.24, 2.45) is 0 Å². The van der Waals surface area contributed by atoms with Crippen molar-refractivity contribution >= 4 is 30.1 Å². The molecule has 2 aliphatic rings. The van der Waals surface area contributed by atoms with E-state index in [1.54, 1.807) is 68.2 Å². The highest BCUT2D eigenvalue weighted by Gasteiger charge is 2.30. The van der Waals surface area contributed by atoms with Crippen molar-refractivity contribution in [1.29, 1.82) is 0 Å². The average Bonchev–Trinajstić information content (AvgIpc) is 3.38. The molecule has 0 radical (unpaired) electrons. The van der Waals surface area contributed by atoms with Gasteiger partial charge in [0.05, 0.1) is 11.4 Å². The molecule has 0 aliphatic carbocycles. The quantitative estimate of drug-likeness (QED) is 0.148. The first-order chi connectivity index (χ1) is 34.5. The van der Waals surface area contributed by atoms with Crippen LogP contribution < -0.4 is 20.9 Å². The summed E-state index contributed by atoms with van der Waals surface area (Å²) >= 11 is 0. The molecular formula is C52H62N12O8. The maximum Gasteiger partial charge on any atom is 0.410 e. The number of aliphatic hydroxyl groups excluding tert-OH is 1. The van der Waals surface area contributed by atoms with E-state index < -0.39 is 11.2 Å². The summed E-state index contributed by atoms with van der Waals surface area (Å²) in [5.41, 5.74) is 2.76. The number of nitrogens with zero attached hydrogens (tertiary/aromatic N) is 12.